The first-order chi connectivity index (χ1) is 18.3. The molecule has 1 atom stereocenters. The Kier molecular flexibility index (Phi) is 8.78. The maximum absolute atomic E-state index is 13.4. The van der Waals surface area contributed by atoms with Gasteiger partial charge in [-0.15, -0.1) is 11.8 Å². The number of nitro groups is 1. The second-order valence-electron chi connectivity index (χ2n) is 8.53. The fraction of sp³-hybridized carbons (Fsp3) is 0.103. The average molecular weight is 546 g/mol. The van der Waals surface area contributed by atoms with Gasteiger partial charge in [-0.05, 0) is 60.0 Å². The summed E-state index contributed by atoms with van der Waals surface area (Å²) in [5, 5.41) is 16.9. The molecule has 192 valence electrons. The molecular formula is C29H24ClN3O4S. The minimum Gasteiger partial charge on any atom is -0.326 e. The normalized spacial score (nSPS) is 11.4. The number of nitro benzene ring substituents is 1. The monoisotopic (exact) mass is 545 g/mol. The van der Waals surface area contributed by atoms with Crippen LogP contribution in [0.2, 0.25) is 5.02 Å². The van der Waals surface area contributed by atoms with E-state index < -0.39 is 10.2 Å². The molecule has 0 heterocycles. The first kappa shape index (κ1) is 26.9. The van der Waals surface area contributed by atoms with Gasteiger partial charge in [0.1, 0.15) is 5.25 Å². The molecule has 1 unspecified atom stereocenters. The van der Waals surface area contributed by atoms with Crippen LogP contribution in [0.25, 0.3) is 0 Å². The Morgan fingerprint density at radius 1 is 0.921 bits per heavy atom. The maximum atomic E-state index is 13.4. The number of nitrogens with one attached hydrogen (secondary N) is 2. The molecule has 0 aromatic heterocycles. The Bertz CT molecular complexity index is 1450. The summed E-state index contributed by atoms with van der Waals surface area (Å²) in [6.07, 6.45) is 0.223. The lowest BCUT2D eigenvalue weighted by molar-refractivity contribution is -0.384. The number of nitrogens with zero attached hydrogens (tertiary/aromatic N) is 1. The summed E-state index contributed by atoms with van der Waals surface area (Å²) in [5.41, 5.74) is 3.31. The lowest BCUT2D eigenvalue weighted by atomic mass is 10.1. The first-order valence-corrected chi connectivity index (χ1v) is 13.0. The van der Waals surface area contributed by atoms with Crippen LogP contribution in [0, 0.1) is 17.0 Å². The van der Waals surface area contributed by atoms with Crippen molar-refractivity contribution in [2.24, 2.45) is 0 Å². The van der Waals surface area contributed by atoms with Gasteiger partial charge in [0.05, 0.1) is 17.0 Å². The number of amides is 2. The molecule has 0 fully saturated rings. The zero-order valence-corrected chi connectivity index (χ0v) is 22.0. The van der Waals surface area contributed by atoms with E-state index in [-0.39, 0.29) is 23.9 Å². The molecule has 0 aliphatic heterocycles. The lowest BCUT2D eigenvalue weighted by Gasteiger charge is -2.18. The smallest absolute Gasteiger partial charge is 0.271 e. The van der Waals surface area contributed by atoms with Gasteiger partial charge in [0.25, 0.3) is 5.69 Å². The van der Waals surface area contributed by atoms with E-state index >= 15 is 0 Å². The van der Waals surface area contributed by atoms with E-state index in [0.717, 1.165) is 21.6 Å². The van der Waals surface area contributed by atoms with Gasteiger partial charge in [-0.25, -0.2) is 0 Å². The van der Waals surface area contributed by atoms with E-state index in [1.165, 1.54) is 23.9 Å². The Labute approximate surface area is 229 Å². The third-order valence-electron chi connectivity index (χ3n) is 5.70. The van der Waals surface area contributed by atoms with Crippen LogP contribution >= 0.6 is 23.4 Å². The van der Waals surface area contributed by atoms with Crippen LogP contribution < -0.4 is 10.6 Å². The summed E-state index contributed by atoms with van der Waals surface area (Å²) < 4.78 is 0. The van der Waals surface area contributed by atoms with Crippen LogP contribution in [0.1, 0.15) is 21.9 Å². The van der Waals surface area contributed by atoms with E-state index in [2.05, 4.69) is 10.6 Å². The van der Waals surface area contributed by atoms with Gasteiger partial charge in [0, 0.05) is 27.7 Å². The molecule has 0 saturated heterocycles. The molecule has 0 saturated carbocycles. The zero-order chi connectivity index (χ0) is 27.1. The van der Waals surface area contributed by atoms with Crippen molar-refractivity contribution in [1.29, 1.82) is 0 Å². The highest BCUT2D eigenvalue weighted by molar-refractivity contribution is 8.00. The second-order valence-corrected chi connectivity index (χ2v) is 10.1. The standard InChI is InChI=1S/C29H24ClN3O4S/c1-19-7-14-24(33(36)37)18-26(19)32-29(35)28(21-5-3-2-4-6-21)38-25-15-12-23(13-16-25)31-27(34)17-20-8-10-22(30)11-9-20/h2-16,18,28H,17H2,1H3,(H,31,34)(H,32,35). The van der Waals surface area contributed by atoms with Gasteiger partial charge < -0.3 is 10.6 Å². The molecule has 9 heteroatoms. The minimum absolute atomic E-state index is 0.0940. The van der Waals surface area contributed by atoms with E-state index in [0.29, 0.717) is 16.4 Å². The molecule has 4 rings (SSSR count). The summed E-state index contributed by atoms with van der Waals surface area (Å²) in [5.74, 6) is -0.452. The Balaban J connectivity index is 1.47. The number of non-ortho nitro benzene ring substituents is 1. The fourth-order valence-corrected chi connectivity index (χ4v) is 4.85. The number of anilines is 2. The van der Waals surface area contributed by atoms with Crippen molar-refractivity contribution < 1.29 is 14.5 Å². The van der Waals surface area contributed by atoms with Gasteiger partial charge in [0.2, 0.25) is 11.8 Å². The fourth-order valence-electron chi connectivity index (χ4n) is 3.70. The van der Waals surface area contributed by atoms with Gasteiger partial charge >= 0.3 is 0 Å². The predicted molar refractivity (Wildman–Crippen MR) is 152 cm³/mol. The lowest BCUT2D eigenvalue weighted by Crippen LogP contribution is -2.19. The van der Waals surface area contributed by atoms with Crippen molar-refractivity contribution >= 4 is 52.2 Å². The Morgan fingerprint density at radius 3 is 2.26 bits per heavy atom. The molecule has 0 bridgehead atoms. The van der Waals surface area contributed by atoms with Crippen molar-refractivity contribution in [3.8, 4) is 0 Å². The van der Waals surface area contributed by atoms with Crippen LogP contribution in [0.3, 0.4) is 0 Å². The number of hydrogen-bond donors (Lipinski definition) is 2. The van der Waals surface area contributed by atoms with Crippen LogP contribution in [0.15, 0.2) is 102 Å². The summed E-state index contributed by atoms with van der Waals surface area (Å²) in [4.78, 5) is 37.3. The number of rotatable bonds is 9. The molecule has 0 aliphatic rings. The third kappa shape index (κ3) is 7.21. The number of thioether (sulfide) groups is 1. The summed E-state index contributed by atoms with van der Waals surface area (Å²) in [6, 6.07) is 28.0. The van der Waals surface area contributed by atoms with Crippen molar-refractivity contribution in [2.75, 3.05) is 10.6 Å². The number of aryl methyl sites for hydroxylation is 1. The van der Waals surface area contributed by atoms with Crippen LogP contribution in [-0.2, 0) is 16.0 Å². The first-order valence-electron chi connectivity index (χ1n) is 11.7. The second kappa shape index (κ2) is 12.4. The molecule has 4 aromatic rings. The molecule has 2 N–H and O–H groups in total. The molecule has 0 spiro atoms. The highest BCUT2D eigenvalue weighted by Crippen LogP contribution is 2.37. The van der Waals surface area contributed by atoms with E-state index in [4.69, 9.17) is 11.6 Å². The van der Waals surface area contributed by atoms with Crippen molar-refractivity contribution in [3.63, 3.8) is 0 Å². The maximum Gasteiger partial charge on any atom is 0.271 e. The quantitative estimate of drug-likeness (QED) is 0.131. The van der Waals surface area contributed by atoms with Gasteiger partial charge in [-0.1, -0.05) is 60.1 Å². The van der Waals surface area contributed by atoms with Crippen molar-refractivity contribution in [2.45, 2.75) is 23.5 Å². The van der Waals surface area contributed by atoms with E-state index in [1.807, 2.05) is 54.6 Å². The number of carbonyl (C=O) groups is 2. The number of benzene rings is 4. The molecule has 0 radical (unpaired) electrons. The summed E-state index contributed by atoms with van der Waals surface area (Å²) in [7, 11) is 0. The third-order valence-corrected chi connectivity index (χ3v) is 7.22. The molecule has 38 heavy (non-hydrogen) atoms. The summed E-state index contributed by atoms with van der Waals surface area (Å²) in [6.45, 7) is 1.78. The van der Waals surface area contributed by atoms with E-state index in [9.17, 15) is 19.7 Å². The highest BCUT2D eigenvalue weighted by atomic mass is 35.5. The van der Waals surface area contributed by atoms with Crippen LogP contribution in [0.5, 0.6) is 0 Å². The molecule has 4 aromatic carbocycles. The number of carbonyl (C=O) groups excluding carboxylic acids is 2. The zero-order valence-electron chi connectivity index (χ0n) is 20.4. The van der Waals surface area contributed by atoms with Gasteiger partial charge in [0.15, 0.2) is 0 Å². The van der Waals surface area contributed by atoms with Crippen LogP contribution in [-0.4, -0.2) is 16.7 Å². The number of hydrogen-bond acceptors (Lipinski definition) is 5. The van der Waals surface area contributed by atoms with Crippen LogP contribution in [0.4, 0.5) is 17.1 Å². The minimum atomic E-state index is -0.611. The van der Waals surface area contributed by atoms with E-state index in [1.54, 1.807) is 37.3 Å². The molecule has 2 amide bonds. The van der Waals surface area contributed by atoms with Gasteiger partial charge in [-0.2, -0.15) is 0 Å². The molecule has 7 nitrogen and oxygen atoms in total. The van der Waals surface area contributed by atoms with Crippen molar-refractivity contribution in [3.05, 3.63) is 129 Å². The SMILES string of the molecule is Cc1ccc([N+](=O)[O-])cc1NC(=O)C(Sc1ccc(NC(=O)Cc2ccc(Cl)cc2)cc1)c1ccccc1. The van der Waals surface area contributed by atoms with Crippen molar-refractivity contribution in [1.82, 2.24) is 0 Å². The average Bonchev–Trinajstić information content (AvgIpc) is 2.91. The number of halogens is 1. The Hall–Kier alpha value is -4.14. The summed E-state index contributed by atoms with van der Waals surface area (Å²) >= 11 is 7.25. The Morgan fingerprint density at radius 2 is 1.61 bits per heavy atom. The highest BCUT2D eigenvalue weighted by Gasteiger charge is 2.23. The molecular weight excluding hydrogens is 522 g/mol. The molecule has 0 aliphatic carbocycles. The largest absolute Gasteiger partial charge is 0.326 e. The van der Waals surface area contributed by atoms with Gasteiger partial charge in [-0.3, -0.25) is 19.7 Å². The predicted octanol–water partition coefficient (Wildman–Crippen LogP) is 7.21. The topological polar surface area (TPSA) is 101 Å².